The molecule has 1 N–H and O–H groups in total. The fourth-order valence-corrected chi connectivity index (χ4v) is 4.72. The molecule has 5 nitrogen and oxygen atoms in total. The van der Waals surface area contributed by atoms with Crippen molar-refractivity contribution in [3.05, 3.63) is 48.0 Å². The zero-order chi connectivity index (χ0) is 18.2. The van der Waals surface area contributed by atoms with E-state index >= 15 is 0 Å². The van der Waals surface area contributed by atoms with Crippen LogP contribution in [0.15, 0.2) is 47.4 Å². The van der Waals surface area contributed by atoms with Gasteiger partial charge < -0.3 is 5.32 Å². The molecular weight excluding hydrogens is 336 g/mol. The van der Waals surface area contributed by atoms with Crippen LogP contribution in [-0.2, 0) is 21.2 Å². The molecule has 0 saturated heterocycles. The lowest BCUT2D eigenvalue weighted by molar-refractivity contribution is -0.120. The van der Waals surface area contributed by atoms with E-state index in [-0.39, 0.29) is 23.4 Å². The zero-order valence-electron chi connectivity index (χ0n) is 14.6. The van der Waals surface area contributed by atoms with Gasteiger partial charge in [-0.15, -0.1) is 0 Å². The first-order chi connectivity index (χ1) is 11.8. The van der Waals surface area contributed by atoms with E-state index < -0.39 is 10.0 Å². The molecule has 25 heavy (non-hydrogen) atoms. The van der Waals surface area contributed by atoms with E-state index in [4.69, 9.17) is 0 Å². The standard InChI is InChI=1S/C19H22N2O3S/c1-4-14-9-10-17-16(11-14)15-7-5-6-8-18(15)25(23,24)21(17)12-19(22)20-13(2)3/h5-11,13H,4,12H2,1-3H3,(H,20,22). The summed E-state index contributed by atoms with van der Waals surface area (Å²) >= 11 is 0. The number of anilines is 1. The number of rotatable bonds is 4. The first kappa shape index (κ1) is 17.5. The number of aryl methyl sites for hydroxylation is 1. The van der Waals surface area contributed by atoms with Gasteiger partial charge in [0, 0.05) is 17.2 Å². The topological polar surface area (TPSA) is 66.5 Å². The Kier molecular flexibility index (Phi) is 4.56. The molecule has 0 aliphatic carbocycles. The molecule has 0 bridgehead atoms. The molecule has 1 heterocycles. The molecule has 0 saturated carbocycles. The highest BCUT2D eigenvalue weighted by atomic mass is 32.2. The summed E-state index contributed by atoms with van der Waals surface area (Å²) < 4.78 is 27.4. The van der Waals surface area contributed by atoms with Gasteiger partial charge in [-0.2, -0.15) is 0 Å². The minimum absolute atomic E-state index is 0.0470. The Hall–Kier alpha value is -2.34. The number of sulfonamides is 1. The van der Waals surface area contributed by atoms with Crippen molar-refractivity contribution in [3.63, 3.8) is 0 Å². The van der Waals surface area contributed by atoms with Crippen LogP contribution < -0.4 is 9.62 Å². The van der Waals surface area contributed by atoms with Crippen molar-refractivity contribution in [3.8, 4) is 11.1 Å². The summed E-state index contributed by atoms with van der Waals surface area (Å²) in [6.07, 6.45) is 0.857. The van der Waals surface area contributed by atoms with Gasteiger partial charge in [0.2, 0.25) is 5.91 Å². The number of nitrogens with one attached hydrogen (secondary N) is 1. The van der Waals surface area contributed by atoms with E-state index in [0.717, 1.165) is 17.5 Å². The molecule has 1 aliphatic rings. The van der Waals surface area contributed by atoms with Crippen LogP contribution in [0, 0.1) is 0 Å². The molecule has 1 amide bonds. The smallest absolute Gasteiger partial charge is 0.265 e. The molecule has 3 rings (SSSR count). The summed E-state index contributed by atoms with van der Waals surface area (Å²) in [7, 11) is -3.77. The van der Waals surface area contributed by atoms with Gasteiger partial charge in [0.15, 0.2) is 0 Å². The second-order valence-electron chi connectivity index (χ2n) is 6.44. The van der Waals surface area contributed by atoms with E-state index in [1.54, 1.807) is 18.2 Å². The number of carbonyl (C=O) groups excluding carboxylic acids is 1. The van der Waals surface area contributed by atoms with Crippen LogP contribution in [-0.4, -0.2) is 26.9 Å². The number of nitrogens with zero attached hydrogens (tertiary/aromatic N) is 1. The Labute approximate surface area is 148 Å². The van der Waals surface area contributed by atoms with Crippen molar-refractivity contribution in [2.24, 2.45) is 0 Å². The van der Waals surface area contributed by atoms with Crippen LogP contribution in [0.2, 0.25) is 0 Å². The predicted molar refractivity (Wildman–Crippen MR) is 99.1 cm³/mol. The average molecular weight is 358 g/mol. The molecule has 2 aromatic rings. The van der Waals surface area contributed by atoms with Crippen LogP contribution in [0.25, 0.3) is 11.1 Å². The van der Waals surface area contributed by atoms with Crippen molar-refractivity contribution in [1.29, 1.82) is 0 Å². The third-order valence-electron chi connectivity index (χ3n) is 4.22. The molecule has 6 heteroatoms. The molecule has 1 aliphatic heterocycles. The van der Waals surface area contributed by atoms with E-state index in [9.17, 15) is 13.2 Å². The second kappa shape index (κ2) is 6.52. The number of hydrogen-bond donors (Lipinski definition) is 1. The van der Waals surface area contributed by atoms with Crippen molar-refractivity contribution < 1.29 is 13.2 Å². The summed E-state index contributed by atoms with van der Waals surface area (Å²) in [6.45, 7) is 5.52. The Morgan fingerprint density at radius 3 is 2.52 bits per heavy atom. The van der Waals surface area contributed by atoms with Gasteiger partial charge in [0.05, 0.1) is 10.6 Å². The number of hydrogen-bond acceptors (Lipinski definition) is 3. The van der Waals surface area contributed by atoms with Gasteiger partial charge in [-0.25, -0.2) is 8.42 Å². The van der Waals surface area contributed by atoms with Crippen LogP contribution in [0.3, 0.4) is 0 Å². The maximum atomic E-state index is 13.1. The zero-order valence-corrected chi connectivity index (χ0v) is 15.4. The Balaban J connectivity index is 2.16. The minimum atomic E-state index is -3.77. The lowest BCUT2D eigenvalue weighted by atomic mass is 9.99. The van der Waals surface area contributed by atoms with E-state index in [1.807, 2.05) is 38.1 Å². The number of carbonyl (C=O) groups is 1. The molecule has 0 aromatic heterocycles. The molecule has 0 fully saturated rings. The predicted octanol–water partition coefficient (Wildman–Crippen LogP) is 2.95. The number of benzene rings is 2. The molecule has 0 spiro atoms. The van der Waals surface area contributed by atoms with Crippen LogP contribution in [0.5, 0.6) is 0 Å². The summed E-state index contributed by atoms with van der Waals surface area (Å²) in [5, 5.41) is 2.76. The molecular formula is C19H22N2O3S. The second-order valence-corrected chi connectivity index (χ2v) is 8.27. The fraction of sp³-hybridized carbons (Fsp3) is 0.316. The number of amides is 1. The van der Waals surface area contributed by atoms with Gasteiger partial charge in [-0.1, -0.05) is 31.2 Å². The van der Waals surface area contributed by atoms with Crippen molar-refractivity contribution in [2.75, 3.05) is 10.8 Å². The molecule has 0 unspecified atom stereocenters. The van der Waals surface area contributed by atoms with Gasteiger partial charge >= 0.3 is 0 Å². The largest absolute Gasteiger partial charge is 0.352 e. The van der Waals surface area contributed by atoms with Crippen LogP contribution in [0.1, 0.15) is 26.3 Å². The maximum absolute atomic E-state index is 13.1. The Bertz CT molecular complexity index is 920. The van der Waals surface area contributed by atoms with Crippen molar-refractivity contribution in [2.45, 2.75) is 38.1 Å². The monoisotopic (exact) mass is 358 g/mol. The van der Waals surface area contributed by atoms with Crippen LogP contribution in [0.4, 0.5) is 5.69 Å². The highest BCUT2D eigenvalue weighted by molar-refractivity contribution is 7.93. The van der Waals surface area contributed by atoms with Gasteiger partial charge in [-0.05, 0) is 44.0 Å². The van der Waals surface area contributed by atoms with Crippen LogP contribution >= 0.6 is 0 Å². The summed E-state index contributed by atoms with van der Waals surface area (Å²) in [4.78, 5) is 12.5. The first-order valence-electron chi connectivity index (χ1n) is 8.39. The van der Waals surface area contributed by atoms with Crippen molar-refractivity contribution >= 4 is 21.6 Å². The fourth-order valence-electron chi connectivity index (χ4n) is 3.07. The third-order valence-corrected chi connectivity index (χ3v) is 6.04. The molecule has 2 aromatic carbocycles. The van der Waals surface area contributed by atoms with Gasteiger partial charge in [0.25, 0.3) is 10.0 Å². The summed E-state index contributed by atoms with van der Waals surface area (Å²) in [6, 6.07) is 12.6. The lowest BCUT2D eigenvalue weighted by Gasteiger charge is -2.32. The molecule has 0 atom stereocenters. The van der Waals surface area contributed by atoms with Gasteiger partial charge in [-0.3, -0.25) is 9.10 Å². The average Bonchev–Trinajstić information content (AvgIpc) is 2.57. The lowest BCUT2D eigenvalue weighted by Crippen LogP contribution is -2.44. The number of fused-ring (bicyclic) bond motifs is 3. The quantitative estimate of drug-likeness (QED) is 0.914. The Morgan fingerprint density at radius 1 is 1.12 bits per heavy atom. The SMILES string of the molecule is CCc1ccc2c(c1)-c1ccccc1S(=O)(=O)N2CC(=O)NC(C)C. The summed E-state index contributed by atoms with van der Waals surface area (Å²) in [5.74, 6) is -0.316. The maximum Gasteiger partial charge on any atom is 0.265 e. The third kappa shape index (κ3) is 3.14. The highest BCUT2D eigenvalue weighted by Crippen LogP contribution is 2.43. The first-order valence-corrected chi connectivity index (χ1v) is 9.83. The summed E-state index contributed by atoms with van der Waals surface area (Å²) in [5.41, 5.74) is 3.21. The van der Waals surface area contributed by atoms with Gasteiger partial charge in [0.1, 0.15) is 6.54 Å². The molecule has 132 valence electrons. The van der Waals surface area contributed by atoms with E-state index in [1.165, 1.54) is 4.31 Å². The minimum Gasteiger partial charge on any atom is -0.352 e. The molecule has 0 radical (unpaired) electrons. The highest BCUT2D eigenvalue weighted by Gasteiger charge is 2.35. The van der Waals surface area contributed by atoms with Crippen molar-refractivity contribution in [1.82, 2.24) is 5.32 Å². The normalized spacial score (nSPS) is 14.8. The Morgan fingerprint density at radius 2 is 1.84 bits per heavy atom. The van der Waals surface area contributed by atoms with E-state index in [0.29, 0.717) is 11.3 Å². The van der Waals surface area contributed by atoms with E-state index in [2.05, 4.69) is 12.2 Å².